The molecule has 0 radical (unpaired) electrons. The van der Waals surface area contributed by atoms with Crippen LogP contribution in [-0.2, 0) is 6.54 Å². The van der Waals surface area contributed by atoms with Gasteiger partial charge in [-0.15, -0.1) is 0 Å². The maximum atomic E-state index is 12.6. The van der Waals surface area contributed by atoms with Gasteiger partial charge in [0.25, 0.3) is 5.91 Å². The number of halogens is 3. The summed E-state index contributed by atoms with van der Waals surface area (Å²) < 4.78 is 43.2. The zero-order valence-corrected chi connectivity index (χ0v) is 16.9. The topological polar surface area (TPSA) is 108 Å². The van der Waals surface area contributed by atoms with Gasteiger partial charge in [0.2, 0.25) is 5.95 Å². The van der Waals surface area contributed by atoms with Gasteiger partial charge in [-0.1, -0.05) is 0 Å². The zero-order chi connectivity index (χ0) is 22.7. The predicted octanol–water partition coefficient (Wildman–Crippen LogP) is 4.51. The van der Waals surface area contributed by atoms with Crippen LogP contribution in [0.5, 0.6) is 0 Å². The third-order valence-corrected chi connectivity index (χ3v) is 4.49. The standard InChI is InChI=1S/C21H19F3N6O2/c1-12-2-7-15(32-12)10-26-19(31)13-3-5-14(6-4-13)28-20-29-17-16(8-9-25-17)18(30-20)27-11-21(22,23)24/h2-9H,10-11H2,1H3,(H,26,31)(H3,25,27,28,29,30). The van der Waals surface area contributed by atoms with Crippen LogP contribution in [0, 0.1) is 6.92 Å². The van der Waals surface area contributed by atoms with E-state index in [0.717, 1.165) is 5.76 Å². The molecule has 0 saturated carbocycles. The number of nitrogens with one attached hydrogen (secondary N) is 4. The fourth-order valence-corrected chi connectivity index (χ4v) is 3.00. The molecule has 3 heterocycles. The first-order valence-electron chi connectivity index (χ1n) is 9.63. The second-order valence-corrected chi connectivity index (χ2v) is 7.00. The summed E-state index contributed by atoms with van der Waals surface area (Å²) in [6, 6.07) is 11.7. The normalized spacial score (nSPS) is 11.5. The quantitative estimate of drug-likeness (QED) is 0.334. The van der Waals surface area contributed by atoms with Gasteiger partial charge in [-0.3, -0.25) is 4.79 Å². The highest BCUT2D eigenvalue weighted by atomic mass is 19.4. The number of H-pyrrole nitrogens is 1. The lowest BCUT2D eigenvalue weighted by atomic mass is 10.2. The van der Waals surface area contributed by atoms with Crippen molar-refractivity contribution in [1.29, 1.82) is 0 Å². The summed E-state index contributed by atoms with van der Waals surface area (Å²) in [5.41, 5.74) is 1.39. The van der Waals surface area contributed by atoms with Crippen molar-refractivity contribution in [2.24, 2.45) is 0 Å². The van der Waals surface area contributed by atoms with Crippen molar-refractivity contribution in [3.05, 3.63) is 65.7 Å². The first-order chi connectivity index (χ1) is 15.3. The van der Waals surface area contributed by atoms with Crippen LogP contribution in [0.1, 0.15) is 21.9 Å². The van der Waals surface area contributed by atoms with E-state index >= 15 is 0 Å². The number of carbonyl (C=O) groups excluding carboxylic acids is 1. The van der Waals surface area contributed by atoms with Crippen molar-refractivity contribution in [3.63, 3.8) is 0 Å². The highest BCUT2D eigenvalue weighted by Gasteiger charge is 2.27. The summed E-state index contributed by atoms with van der Waals surface area (Å²) in [4.78, 5) is 23.6. The molecule has 4 N–H and O–H groups in total. The maximum absolute atomic E-state index is 12.6. The van der Waals surface area contributed by atoms with Crippen molar-refractivity contribution < 1.29 is 22.4 Å². The van der Waals surface area contributed by atoms with Crippen LogP contribution in [0.25, 0.3) is 11.0 Å². The lowest BCUT2D eigenvalue weighted by Crippen LogP contribution is -2.22. The maximum Gasteiger partial charge on any atom is 0.405 e. The molecule has 4 aromatic rings. The smallest absolute Gasteiger partial charge is 0.405 e. The molecule has 0 aliphatic rings. The molecule has 0 aliphatic carbocycles. The molecule has 0 saturated heterocycles. The van der Waals surface area contributed by atoms with Crippen LogP contribution in [0.4, 0.5) is 30.6 Å². The van der Waals surface area contributed by atoms with Crippen LogP contribution in [0.2, 0.25) is 0 Å². The van der Waals surface area contributed by atoms with E-state index in [-0.39, 0.29) is 24.2 Å². The number of amides is 1. The first-order valence-corrected chi connectivity index (χ1v) is 9.63. The Kier molecular flexibility index (Phi) is 5.71. The van der Waals surface area contributed by atoms with E-state index in [1.807, 2.05) is 13.0 Å². The molecule has 1 amide bonds. The SMILES string of the molecule is Cc1ccc(CNC(=O)c2ccc(Nc3nc(NCC(F)(F)F)c4cc[nH]c4n3)cc2)o1. The third-order valence-electron chi connectivity index (χ3n) is 4.49. The number of furan rings is 1. The second kappa shape index (κ2) is 8.61. The number of hydrogen-bond donors (Lipinski definition) is 4. The lowest BCUT2D eigenvalue weighted by Gasteiger charge is -2.12. The number of nitrogens with zero attached hydrogens (tertiary/aromatic N) is 2. The van der Waals surface area contributed by atoms with Crippen LogP contribution >= 0.6 is 0 Å². The van der Waals surface area contributed by atoms with Crippen molar-refractivity contribution in [3.8, 4) is 0 Å². The van der Waals surface area contributed by atoms with Gasteiger partial charge in [-0.05, 0) is 49.4 Å². The van der Waals surface area contributed by atoms with Gasteiger partial charge in [0.05, 0.1) is 11.9 Å². The summed E-state index contributed by atoms with van der Waals surface area (Å²) >= 11 is 0. The number of alkyl halides is 3. The Bertz CT molecular complexity index is 1230. The van der Waals surface area contributed by atoms with Gasteiger partial charge in [-0.2, -0.15) is 23.1 Å². The van der Waals surface area contributed by atoms with E-state index in [1.165, 1.54) is 0 Å². The molecule has 32 heavy (non-hydrogen) atoms. The minimum Gasteiger partial charge on any atom is -0.465 e. The molecule has 0 atom stereocenters. The predicted molar refractivity (Wildman–Crippen MR) is 113 cm³/mol. The highest BCUT2D eigenvalue weighted by Crippen LogP contribution is 2.25. The molecular weight excluding hydrogens is 425 g/mol. The Balaban J connectivity index is 1.44. The van der Waals surface area contributed by atoms with Crippen molar-refractivity contribution in [2.45, 2.75) is 19.6 Å². The highest BCUT2D eigenvalue weighted by molar-refractivity contribution is 5.94. The van der Waals surface area contributed by atoms with Gasteiger partial charge >= 0.3 is 6.18 Å². The number of hydrogen-bond acceptors (Lipinski definition) is 6. The van der Waals surface area contributed by atoms with Gasteiger partial charge < -0.3 is 25.4 Å². The van der Waals surface area contributed by atoms with Gasteiger partial charge in [-0.25, -0.2) is 0 Å². The van der Waals surface area contributed by atoms with E-state index in [1.54, 1.807) is 42.6 Å². The molecule has 1 aromatic carbocycles. The third kappa shape index (κ3) is 5.17. The minimum atomic E-state index is -4.38. The van der Waals surface area contributed by atoms with Gasteiger partial charge in [0.15, 0.2) is 0 Å². The lowest BCUT2D eigenvalue weighted by molar-refractivity contribution is -0.115. The monoisotopic (exact) mass is 444 g/mol. The zero-order valence-electron chi connectivity index (χ0n) is 16.9. The van der Waals surface area contributed by atoms with Crippen LogP contribution < -0.4 is 16.0 Å². The fourth-order valence-electron chi connectivity index (χ4n) is 3.00. The molecule has 0 spiro atoms. The Hall–Kier alpha value is -4.02. The van der Waals surface area contributed by atoms with E-state index in [2.05, 4.69) is 30.9 Å². The van der Waals surface area contributed by atoms with Crippen molar-refractivity contribution in [2.75, 3.05) is 17.2 Å². The average Bonchev–Trinajstić information content (AvgIpc) is 3.39. The van der Waals surface area contributed by atoms with E-state index in [0.29, 0.717) is 28.0 Å². The number of carbonyl (C=O) groups is 1. The molecule has 0 fully saturated rings. The number of aromatic nitrogens is 3. The molecule has 166 valence electrons. The van der Waals surface area contributed by atoms with Crippen molar-refractivity contribution >= 4 is 34.4 Å². The number of rotatable bonds is 7. The first kappa shape index (κ1) is 21.2. The Labute approximate surface area is 180 Å². The van der Waals surface area contributed by atoms with Gasteiger partial charge in [0, 0.05) is 17.4 Å². The van der Waals surface area contributed by atoms with Crippen LogP contribution in [0.3, 0.4) is 0 Å². The number of anilines is 3. The number of benzene rings is 1. The van der Waals surface area contributed by atoms with Crippen LogP contribution in [-0.4, -0.2) is 33.6 Å². The summed E-state index contributed by atoms with van der Waals surface area (Å²) in [5, 5.41) is 8.45. The Morgan fingerprint density at radius 3 is 2.56 bits per heavy atom. The van der Waals surface area contributed by atoms with Crippen molar-refractivity contribution in [1.82, 2.24) is 20.3 Å². The van der Waals surface area contributed by atoms with E-state index < -0.39 is 12.7 Å². The van der Waals surface area contributed by atoms with E-state index in [4.69, 9.17) is 4.42 Å². The molecule has 0 bridgehead atoms. The average molecular weight is 444 g/mol. The second-order valence-electron chi connectivity index (χ2n) is 7.00. The fraction of sp³-hybridized carbons (Fsp3) is 0.190. The summed E-state index contributed by atoms with van der Waals surface area (Å²) in [7, 11) is 0. The minimum absolute atomic E-state index is 0.0558. The van der Waals surface area contributed by atoms with Crippen LogP contribution in [0.15, 0.2) is 53.1 Å². The summed E-state index contributed by atoms with van der Waals surface area (Å²) in [6.45, 7) is 0.874. The number of fused-ring (bicyclic) bond motifs is 1. The summed E-state index contributed by atoms with van der Waals surface area (Å²) in [5.74, 6) is 1.31. The van der Waals surface area contributed by atoms with E-state index in [9.17, 15) is 18.0 Å². The largest absolute Gasteiger partial charge is 0.465 e. The Morgan fingerprint density at radius 1 is 1.09 bits per heavy atom. The Morgan fingerprint density at radius 2 is 1.88 bits per heavy atom. The molecular formula is C21H19F3N6O2. The molecule has 0 aliphatic heterocycles. The number of aromatic amines is 1. The molecule has 11 heteroatoms. The molecule has 0 unspecified atom stereocenters. The summed E-state index contributed by atoms with van der Waals surface area (Å²) in [6.07, 6.45) is -2.81. The molecule has 3 aromatic heterocycles. The van der Waals surface area contributed by atoms with Gasteiger partial charge in [0.1, 0.15) is 29.5 Å². The number of aryl methyl sites for hydroxylation is 1. The molecule has 8 nitrogen and oxygen atoms in total. The molecule has 4 rings (SSSR count).